The van der Waals surface area contributed by atoms with Crippen molar-refractivity contribution < 1.29 is 4.92 Å². The normalized spacial score (nSPS) is 10.6. The molecule has 0 fully saturated rings. The Balaban J connectivity index is 2.07. The number of anilines is 1. The number of hydrogen-bond donors (Lipinski definition) is 1. The number of aromatic nitrogens is 2. The molecule has 6 nitrogen and oxygen atoms in total. The van der Waals surface area contributed by atoms with Gasteiger partial charge < -0.3 is 5.32 Å². The van der Waals surface area contributed by atoms with E-state index in [2.05, 4.69) is 21.9 Å². The standard InChI is InChI=1S/C11H14N4O2S/c1-8-10(15(16)17)11(14(2)13-8)12-5-3-9-4-6-18-7-9/h4,6-7,12H,3,5H2,1-2H3. The summed E-state index contributed by atoms with van der Waals surface area (Å²) in [6, 6.07) is 2.05. The van der Waals surface area contributed by atoms with E-state index >= 15 is 0 Å². The minimum Gasteiger partial charge on any atom is -0.364 e. The highest BCUT2D eigenvalue weighted by Crippen LogP contribution is 2.27. The van der Waals surface area contributed by atoms with Gasteiger partial charge in [0.1, 0.15) is 5.69 Å². The first-order valence-electron chi connectivity index (χ1n) is 5.52. The Morgan fingerprint density at radius 1 is 1.61 bits per heavy atom. The maximum absolute atomic E-state index is 11.0. The second-order valence-corrected chi connectivity index (χ2v) is 4.75. The SMILES string of the molecule is Cc1nn(C)c(NCCc2ccsc2)c1[N+](=O)[O-]. The molecule has 1 N–H and O–H groups in total. The Hall–Kier alpha value is -1.89. The fraction of sp³-hybridized carbons (Fsp3) is 0.364. The van der Waals surface area contributed by atoms with Crippen molar-refractivity contribution in [3.63, 3.8) is 0 Å². The molecule has 0 spiro atoms. The van der Waals surface area contributed by atoms with Crippen molar-refractivity contribution in [3.8, 4) is 0 Å². The molecule has 2 rings (SSSR count). The molecule has 0 saturated carbocycles. The first-order valence-corrected chi connectivity index (χ1v) is 6.47. The van der Waals surface area contributed by atoms with E-state index in [9.17, 15) is 10.1 Å². The van der Waals surface area contributed by atoms with Crippen LogP contribution in [-0.4, -0.2) is 21.2 Å². The number of nitro groups is 1. The summed E-state index contributed by atoms with van der Waals surface area (Å²) in [6.45, 7) is 2.29. The Morgan fingerprint density at radius 3 is 3.00 bits per heavy atom. The quantitative estimate of drug-likeness (QED) is 0.666. The predicted molar refractivity (Wildman–Crippen MR) is 71.1 cm³/mol. The molecule has 0 bridgehead atoms. The number of hydrogen-bond acceptors (Lipinski definition) is 5. The topological polar surface area (TPSA) is 73.0 Å². The molecule has 0 aliphatic heterocycles. The second kappa shape index (κ2) is 5.18. The van der Waals surface area contributed by atoms with Crippen LogP contribution in [0.2, 0.25) is 0 Å². The highest BCUT2D eigenvalue weighted by molar-refractivity contribution is 7.07. The molecule has 0 unspecified atom stereocenters. The van der Waals surface area contributed by atoms with Gasteiger partial charge in [0.15, 0.2) is 0 Å². The van der Waals surface area contributed by atoms with Crippen LogP contribution in [0.25, 0.3) is 0 Å². The van der Waals surface area contributed by atoms with Crippen molar-refractivity contribution in [2.75, 3.05) is 11.9 Å². The maximum Gasteiger partial charge on any atom is 0.333 e. The molecule has 96 valence electrons. The third-order valence-corrected chi connectivity index (χ3v) is 3.39. The Labute approximate surface area is 108 Å². The minimum absolute atomic E-state index is 0.0582. The summed E-state index contributed by atoms with van der Waals surface area (Å²) in [7, 11) is 1.70. The number of nitrogens with one attached hydrogen (secondary N) is 1. The molecule has 7 heteroatoms. The van der Waals surface area contributed by atoms with Gasteiger partial charge in [-0.05, 0) is 35.7 Å². The molecule has 0 aliphatic carbocycles. The summed E-state index contributed by atoms with van der Waals surface area (Å²) < 4.78 is 1.51. The van der Waals surface area contributed by atoms with Gasteiger partial charge in [0, 0.05) is 13.6 Å². The van der Waals surface area contributed by atoms with Gasteiger partial charge in [0.25, 0.3) is 0 Å². The lowest BCUT2D eigenvalue weighted by molar-refractivity contribution is -0.384. The van der Waals surface area contributed by atoms with Crippen molar-refractivity contribution in [3.05, 3.63) is 38.2 Å². The van der Waals surface area contributed by atoms with Gasteiger partial charge in [0.2, 0.25) is 5.82 Å². The maximum atomic E-state index is 11.0. The van der Waals surface area contributed by atoms with Gasteiger partial charge >= 0.3 is 5.69 Å². The molecule has 0 saturated heterocycles. The Kier molecular flexibility index (Phi) is 3.61. The number of nitrogens with zero attached hydrogens (tertiary/aromatic N) is 3. The molecule has 2 heterocycles. The molecule has 2 aromatic rings. The third kappa shape index (κ3) is 2.51. The van der Waals surface area contributed by atoms with Crippen LogP contribution in [0.5, 0.6) is 0 Å². The van der Waals surface area contributed by atoms with Gasteiger partial charge in [-0.3, -0.25) is 10.1 Å². The van der Waals surface area contributed by atoms with Gasteiger partial charge in [-0.1, -0.05) is 0 Å². The van der Waals surface area contributed by atoms with Crippen molar-refractivity contribution in [1.82, 2.24) is 9.78 Å². The number of aryl methyl sites for hydroxylation is 2. The minimum atomic E-state index is -0.394. The van der Waals surface area contributed by atoms with Crippen LogP contribution in [0.4, 0.5) is 11.5 Å². The zero-order chi connectivity index (χ0) is 13.1. The first-order chi connectivity index (χ1) is 8.59. The monoisotopic (exact) mass is 266 g/mol. The molecular weight excluding hydrogens is 252 g/mol. The van der Waals surface area contributed by atoms with Gasteiger partial charge in [-0.25, -0.2) is 4.68 Å². The van der Waals surface area contributed by atoms with Crippen LogP contribution in [-0.2, 0) is 13.5 Å². The van der Waals surface area contributed by atoms with Crippen molar-refractivity contribution in [1.29, 1.82) is 0 Å². The van der Waals surface area contributed by atoms with E-state index in [0.717, 1.165) is 6.42 Å². The molecular formula is C11H14N4O2S. The zero-order valence-electron chi connectivity index (χ0n) is 10.2. The van der Waals surface area contributed by atoms with Crippen LogP contribution in [0.3, 0.4) is 0 Å². The summed E-state index contributed by atoms with van der Waals surface area (Å²) in [5.74, 6) is 0.465. The van der Waals surface area contributed by atoms with E-state index in [1.54, 1.807) is 25.3 Å². The summed E-state index contributed by atoms with van der Waals surface area (Å²) in [5, 5.41) is 22.2. The van der Waals surface area contributed by atoms with E-state index in [1.165, 1.54) is 10.2 Å². The average Bonchev–Trinajstić information content (AvgIpc) is 2.87. The Morgan fingerprint density at radius 2 is 2.39 bits per heavy atom. The van der Waals surface area contributed by atoms with Crippen LogP contribution < -0.4 is 5.32 Å². The molecule has 2 aromatic heterocycles. The molecule has 18 heavy (non-hydrogen) atoms. The zero-order valence-corrected chi connectivity index (χ0v) is 11.0. The number of rotatable bonds is 5. The van der Waals surface area contributed by atoms with Crippen LogP contribution in [0.15, 0.2) is 16.8 Å². The second-order valence-electron chi connectivity index (χ2n) is 3.97. The van der Waals surface area contributed by atoms with Gasteiger partial charge in [-0.15, -0.1) is 0 Å². The Bertz CT molecular complexity index is 548. The van der Waals surface area contributed by atoms with E-state index in [1.807, 2.05) is 5.38 Å². The van der Waals surface area contributed by atoms with Crippen molar-refractivity contribution in [2.24, 2.45) is 7.05 Å². The summed E-state index contributed by atoms with van der Waals surface area (Å²) in [4.78, 5) is 10.6. The lowest BCUT2D eigenvalue weighted by Gasteiger charge is -2.05. The van der Waals surface area contributed by atoms with Crippen LogP contribution >= 0.6 is 11.3 Å². The average molecular weight is 266 g/mol. The van der Waals surface area contributed by atoms with E-state index in [-0.39, 0.29) is 5.69 Å². The smallest absolute Gasteiger partial charge is 0.333 e. The van der Waals surface area contributed by atoms with E-state index in [4.69, 9.17) is 0 Å². The molecule has 0 radical (unpaired) electrons. The third-order valence-electron chi connectivity index (χ3n) is 2.66. The highest BCUT2D eigenvalue weighted by Gasteiger charge is 2.23. The van der Waals surface area contributed by atoms with E-state index in [0.29, 0.717) is 18.1 Å². The van der Waals surface area contributed by atoms with Gasteiger partial charge in [-0.2, -0.15) is 16.4 Å². The van der Waals surface area contributed by atoms with Crippen molar-refractivity contribution in [2.45, 2.75) is 13.3 Å². The van der Waals surface area contributed by atoms with Crippen molar-refractivity contribution >= 4 is 22.8 Å². The fourth-order valence-electron chi connectivity index (χ4n) is 1.82. The molecule has 0 amide bonds. The summed E-state index contributed by atoms with van der Waals surface area (Å²) in [6.07, 6.45) is 0.838. The summed E-state index contributed by atoms with van der Waals surface area (Å²) in [5.41, 5.74) is 1.72. The lowest BCUT2D eigenvalue weighted by Crippen LogP contribution is -2.09. The van der Waals surface area contributed by atoms with Crippen LogP contribution in [0, 0.1) is 17.0 Å². The largest absolute Gasteiger partial charge is 0.364 e. The fourth-order valence-corrected chi connectivity index (χ4v) is 2.53. The predicted octanol–water partition coefficient (Wildman–Crippen LogP) is 2.35. The molecule has 0 aliphatic rings. The van der Waals surface area contributed by atoms with E-state index < -0.39 is 4.92 Å². The van der Waals surface area contributed by atoms with Gasteiger partial charge in [0.05, 0.1) is 4.92 Å². The highest BCUT2D eigenvalue weighted by atomic mass is 32.1. The number of thiophene rings is 1. The lowest BCUT2D eigenvalue weighted by atomic mass is 10.2. The molecule has 0 aromatic carbocycles. The van der Waals surface area contributed by atoms with Crippen LogP contribution in [0.1, 0.15) is 11.3 Å². The summed E-state index contributed by atoms with van der Waals surface area (Å²) >= 11 is 1.65. The molecule has 0 atom stereocenters. The first kappa shape index (κ1) is 12.6.